The Labute approximate surface area is 173 Å². The first-order chi connectivity index (χ1) is 12.1. The van der Waals surface area contributed by atoms with E-state index >= 15 is 0 Å². The number of piperazine rings is 1. The average molecular weight is 474 g/mol. The highest BCUT2D eigenvalue weighted by Crippen LogP contribution is 2.29. The molecule has 0 aromatic heterocycles. The van der Waals surface area contributed by atoms with E-state index < -0.39 is 0 Å². The zero-order valence-corrected chi connectivity index (χ0v) is 18.5. The van der Waals surface area contributed by atoms with E-state index in [2.05, 4.69) is 33.1 Å². The largest absolute Gasteiger partial charge is 0.497 e. The number of hydrogen-bond donors (Lipinski definition) is 1. The zero-order valence-electron chi connectivity index (χ0n) is 16.2. The second-order valence-corrected chi connectivity index (χ2v) is 6.95. The molecule has 1 saturated heterocycles. The van der Waals surface area contributed by atoms with Crippen LogP contribution in [0.4, 0.5) is 0 Å². The number of benzene rings is 1. The fraction of sp³-hybridized carbons (Fsp3) is 0.632. The number of hydrogen-bond acceptors (Lipinski definition) is 4. The van der Waals surface area contributed by atoms with Gasteiger partial charge in [-0.25, -0.2) is 0 Å². The van der Waals surface area contributed by atoms with Crippen LogP contribution in [-0.2, 0) is 6.54 Å². The molecule has 1 aliphatic heterocycles. The molecule has 2 fully saturated rings. The van der Waals surface area contributed by atoms with Gasteiger partial charge in [-0.3, -0.25) is 9.89 Å². The van der Waals surface area contributed by atoms with Crippen LogP contribution in [0, 0.1) is 5.92 Å². The van der Waals surface area contributed by atoms with Crippen LogP contribution in [0.3, 0.4) is 0 Å². The van der Waals surface area contributed by atoms with Gasteiger partial charge < -0.3 is 19.7 Å². The molecular weight excluding hydrogens is 443 g/mol. The van der Waals surface area contributed by atoms with E-state index in [4.69, 9.17) is 9.47 Å². The number of guanidine groups is 1. The van der Waals surface area contributed by atoms with E-state index in [0.717, 1.165) is 56.1 Å². The lowest BCUT2D eigenvalue weighted by Crippen LogP contribution is -2.52. The quantitative estimate of drug-likeness (QED) is 0.404. The summed E-state index contributed by atoms with van der Waals surface area (Å²) < 4.78 is 10.9. The van der Waals surface area contributed by atoms with Gasteiger partial charge in [-0.05, 0) is 30.5 Å². The predicted octanol–water partition coefficient (Wildman–Crippen LogP) is 2.42. The lowest BCUT2D eigenvalue weighted by Gasteiger charge is -2.36. The van der Waals surface area contributed by atoms with E-state index in [1.54, 1.807) is 14.2 Å². The summed E-state index contributed by atoms with van der Waals surface area (Å²) in [4.78, 5) is 9.29. The Hall–Kier alpha value is -1.22. The Morgan fingerprint density at radius 3 is 2.42 bits per heavy atom. The van der Waals surface area contributed by atoms with Crippen LogP contribution in [0.2, 0.25) is 0 Å². The third-order valence-electron chi connectivity index (χ3n) is 5.19. The van der Waals surface area contributed by atoms with Crippen molar-refractivity contribution in [1.29, 1.82) is 0 Å². The predicted molar refractivity (Wildman–Crippen MR) is 116 cm³/mol. The molecule has 1 aromatic carbocycles. The summed E-state index contributed by atoms with van der Waals surface area (Å²) in [6.07, 6.45) is 1.26. The van der Waals surface area contributed by atoms with E-state index in [1.165, 1.54) is 12.0 Å². The first-order valence-electron chi connectivity index (χ1n) is 9.06. The normalized spacial score (nSPS) is 23.2. The summed E-state index contributed by atoms with van der Waals surface area (Å²) in [5.41, 5.74) is 1.17. The minimum Gasteiger partial charge on any atom is -0.497 e. The van der Waals surface area contributed by atoms with Gasteiger partial charge in [0.25, 0.3) is 0 Å². The summed E-state index contributed by atoms with van der Waals surface area (Å²) in [5.74, 6) is 3.62. The van der Waals surface area contributed by atoms with Gasteiger partial charge >= 0.3 is 0 Å². The van der Waals surface area contributed by atoms with Crippen LogP contribution in [0.25, 0.3) is 0 Å². The molecular formula is C19H31IN4O2. The molecule has 2 unspecified atom stereocenters. The molecule has 1 aromatic rings. The van der Waals surface area contributed by atoms with Gasteiger partial charge in [-0.2, -0.15) is 0 Å². The van der Waals surface area contributed by atoms with Gasteiger partial charge in [-0.15, -0.1) is 24.0 Å². The zero-order chi connectivity index (χ0) is 17.8. The number of nitrogens with one attached hydrogen (secondary N) is 1. The second-order valence-electron chi connectivity index (χ2n) is 6.95. The Bertz CT molecular complexity index is 618. The van der Waals surface area contributed by atoms with Gasteiger partial charge in [-0.1, -0.05) is 6.92 Å². The number of halogens is 1. The monoisotopic (exact) mass is 474 g/mol. The minimum atomic E-state index is 0. The summed E-state index contributed by atoms with van der Waals surface area (Å²) in [6.45, 7) is 7.17. The number of rotatable bonds is 5. The van der Waals surface area contributed by atoms with Crippen LogP contribution in [0.5, 0.6) is 11.5 Å². The Morgan fingerprint density at radius 1 is 1.19 bits per heavy atom. The maximum Gasteiger partial charge on any atom is 0.193 e. The van der Waals surface area contributed by atoms with Crippen molar-refractivity contribution in [3.05, 3.63) is 23.8 Å². The molecule has 2 atom stereocenters. The molecule has 7 heteroatoms. The molecule has 0 radical (unpaired) electrons. The minimum absolute atomic E-state index is 0. The molecule has 1 aliphatic carbocycles. The Kier molecular flexibility index (Phi) is 7.82. The SMILES string of the molecule is CN=C(NC1CC1C)N1CCN(Cc2cc(OC)ccc2OC)CC1.I. The van der Waals surface area contributed by atoms with Crippen molar-refractivity contribution >= 4 is 29.9 Å². The smallest absolute Gasteiger partial charge is 0.193 e. The molecule has 26 heavy (non-hydrogen) atoms. The molecule has 146 valence electrons. The molecule has 3 rings (SSSR count). The van der Waals surface area contributed by atoms with E-state index in [0.29, 0.717) is 6.04 Å². The third-order valence-corrected chi connectivity index (χ3v) is 5.19. The maximum absolute atomic E-state index is 5.50. The summed E-state index contributed by atoms with van der Waals surface area (Å²) in [6, 6.07) is 6.60. The molecule has 6 nitrogen and oxygen atoms in total. The fourth-order valence-electron chi connectivity index (χ4n) is 3.35. The van der Waals surface area contributed by atoms with Gasteiger partial charge in [0.15, 0.2) is 5.96 Å². The molecule has 0 bridgehead atoms. The average Bonchev–Trinajstić information content (AvgIpc) is 3.35. The van der Waals surface area contributed by atoms with Crippen LogP contribution in [0.1, 0.15) is 18.9 Å². The molecule has 1 heterocycles. The topological polar surface area (TPSA) is 49.3 Å². The summed E-state index contributed by atoms with van der Waals surface area (Å²) in [7, 11) is 5.30. The van der Waals surface area contributed by atoms with Crippen LogP contribution >= 0.6 is 24.0 Å². The number of methoxy groups -OCH3 is 2. The van der Waals surface area contributed by atoms with Gasteiger partial charge in [0.05, 0.1) is 14.2 Å². The van der Waals surface area contributed by atoms with Crippen LogP contribution < -0.4 is 14.8 Å². The van der Waals surface area contributed by atoms with Crippen molar-refractivity contribution in [3.8, 4) is 11.5 Å². The van der Waals surface area contributed by atoms with E-state index in [1.807, 2.05) is 19.2 Å². The van der Waals surface area contributed by atoms with Gasteiger partial charge in [0.1, 0.15) is 11.5 Å². The van der Waals surface area contributed by atoms with Gasteiger partial charge in [0, 0.05) is 51.4 Å². The van der Waals surface area contributed by atoms with Gasteiger partial charge in [0.2, 0.25) is 0 Å². The summed E-state index contributed by atoms with van der Waals surface area (Å²) >= 11 is 0. The highest BCUT2D eigenvalue weighted by atomic mass is 127. The van der Waals surface area contributed by atoms with Crippen molar-refractivity contribution in [2.45, 2.75) is 25.9 Å². The van der Waals surface area contributed by atoms with Crippen LogP contribution in [-0.4, -0.2) is 69.2 Å². The second kappa shape index (κ2) is 9.64. The highest BCUT2D eigenvalue weighted by Gasteiger charge is 2.34. The van der Waals surface area contributed by atoms with E-state index in [-0.39, 0.29) is 24.0 Å². The standard InChI is InChI=1S/C19H30N4O2.HI/c1-14-11-17(14)21-19(20-2)23-9-7-22(8-10-23)13-15-12-16(24-3)5-6-18(15)25-4;/h5-6,12,14,17H,7-11,13H2,1-4H3,(H,20,21);1H. The molecule has 0 spiro atoms. The summed E-state index contributed by atoms with van der Waals surface area (Å²) in [5, 5.41) is 3.58. The Balaban J connectivity index is 0.00000243. The van der Waals surface area contributed by atoms with Crippen molar-refractivity contribution in [2.24, 2.45) is 10.9 Å². The lowest BCUT2D eigenvalue weighted by molar-refractivity contribution is 0.171. The number of aliphatic imine (C=N–C) groups is 1. The molecule has 1 N–H and O–H groups in total. The molecule has 1 saturated carbocycles. The maximum atomic E-state index is 5.50. The number of nitrogens with zero attached hydrogens (tertiary/aromatic N) is 3. The Morgan fingerprint density at radius 2 is 1.88 bits per heavy atom. The fourth-order valence-corrected chi connectivity index (χ4v) is 3.35. The van der Waals surface area contributed by atoms with Crippen LogP contribution in [0.15, 0.2) is 23.2 Å². The van der Waals surface area contributed by atoms with Crippen molar-refractivity contribution in [2.75, 3.05) is 47.4 Å². The first-order valence-corrected chi connectivity index (χ1v) is 9.06. The molecule has 2 aliphatic rings. The van der Waals surface area contributed by atoms with Crippen molar-refractivity contribution in [3.63, 3.8) is 0 Å². The van der Waals surface area contributed by atoms with Crippen molar-refractivity contribution in [1.82, 2.24) is 15.1 Å². The van der Waals surface area contributed by atoms with E-state index in [9.17, 15) is 0 Å². The van der Waals surface area contributed by atoms with Crippen molar-refractivity contribution < 1.29 is 9.47 Å². The lowest BCUT2D eigenvalue weighted by atomic mass is 10.1. The third kappa shape index (κ3) is 5.16. The number of ether oxygens (including phenoxy) is 2. The molecule has 0 amide bonds. The first kappa shape index (κ1) is 21.1. The highest BCUT2D eigenvalue weighted by molar-refractivity contribution is 14.0.